The zero-order valence-electron chi connectivity index (χ0n) is 16.1. The molecule has 3 rings (SSSR count). The minimum Gasteiger partial charge on any atom is -0.756 e. The van der Waals surface area contributed by atoms with E-state index in [9.17, 15) is 28.8 Å². The van der Waals surface area contributed by atoms with Crippen molar-refractivity contribution in [3.63, 3.8) is 0 Å². The van der Waals surface area contributed by atoms with Crippen LogP contribution < -0.4 is 10.6 Å². The van der Waals surface area contributed by atoms with E-state index in [1.54, 1.807) is 0 Å². The number of nitrogens with two attached hydrogens (primary N) is 1. The minimum atomic E-state index is -5.76. The molecule has 9 N–H and O–H groups in total. The maximum atomic E-state index is 11.7. The molecule has 1 fully saturated rings. The molecule has 0 amide bonds. The summed E-state index contributed by atoms with van der Waals surface area (Å²) in [7, 11) is -17.0. The fourth-order valence-electron chi connectivity index (χ4n) is 2.62. The smallest absolute Gasteiger partial charge is 0.487 e. The van der Waals surface area contributed by atoms with Crippen LogP contribution in [0.15, 0.2) is 12.7 Å². The van der Waals surface area contributed by atoms with E-state index in [0.717, 1.165) is 6.33 Å². The van der Waals surface area contributed by atoms with E-state index in [2.05, 4.69) is 28.1 Å². The normalized spacial score (nSPS) is 26.7. The molecule has 0 radical (unpaired) electrons. The topological polar surface area (TPSA) is 313 Å². The molecule has 3 heterocycles. The molecule has 2 aromatic heterocycles. The van der Waals surface area contributed by atoms with Gasteiger partial charge in [0.05, 0.1) is 12.9 Å². The van der Waals surface area contributed by atoms with Gasteiger partial charge < -0.3 is 50.3 Å². The van der Waals surface area contributed by atoms with E-state index in [4.69, 9.17) is 25.2 Å². The van der Waals surface area contributed by atoms with Crippen molar-refractivity contribution >= 4 is 40.4 Å². The third-order valence-electron chi connectivity index (χ3n) is 3.81. The number of aromatic nitrogens is 4. The molecule has 1 saturated heterocycles. The zero-order chi connectivity index (χ0) is 23.2. The van der Waals surface area contributed by atoms with Gasteiger partial charge in [-0.1, -0.05) is 0 Å². The van der Waals surface area contributed by atoms with Crippen molar-refractivity contribution < 1.29 is 86.3 Å². The molecule has 0 aliphatic carbocycles. The van der Waals surface area contributed by atoms with E-state index in [-0.39, 0.29) is 41.9 Å². The summed E-state index contributed by atoms with van der Waals surface area (Å²) in [5.74, 6) is 0.0343. The van der Waals surface area contributed by atoms with Gasteiger partial charge in [0, 0.05) is 19.5 Å². The Morgan fingerprint density at radius 2 is 1.76 bits per heavy atom. The molecule has 0 bridgehead atoms. The average Bonchev–Trinajstić information content (AvgIpc) is 3.13. The molecule has 19 nitrogen and oxygen atoms in total. The minimum absolute atomic E-state index is 0. The van der Waals surface area contributed by atoms with Gasteiger partial charge in [-0.2, -0.15) is 4.31 Å². The van der Waals surface area contributed by atoms with Crippen LogP contribution in [-0.4, -0.2) is 74.8 Å². The van der Waals surface area contributed by atoms with Gasteiger partial charge in [-0.25, -0.2) is 28.4 Å². The van der Waals surface area contributed by atoms with E-state index in [1.807, 2.05) is 0 Å². The number of fused-ring (bicyclic) bond motifs is 1. The number of hydrogen-bond donors (Lipinski definition) is 6. The average molecular weight is 590 g/mol. The molecule has 0 saturated carbocycles. The van der Waals surface area contributed by atoms with E-state index >= 15 is 0 Å². The number of nitrogen functional groups attached to an aromatic ring is 1. The Hall–Kier alpha value is -0.777. The van der Waals surface area contributed by atoms with Crippen molar-refractivity contribution in [3.8, 4) is 0 Å². The molecule has 2 unspecified atom stereocenters. The monoisotopic (exact) mass is 588 g/mol. The van der Waals surface area contributed by atoms with E-state index in [0.29, 0.717) is 0 Å². The Morgan fingerprint density at radius 3 is 2.36 bits per heavy atom. The van der Waals surface area contributed by atoms with Gasteiger partial charge in [0.25, 0.3) is 7.82 Å². The first-order valence-electron chi connectivity index (χ1n) is 7.90. The maximum absolute atomic E-state index is 11.7. The van der Waals surface area contributed by atoms with Crippen LogP contribution in [0.3, 0.4) is 0 Å². The summed E-state index contributed by atoms with van der Waals surface area (Å²) < 4.78 is 51.4. The first-order chi connectivity index (χ1) is 14.2. The van der Waals surface area contributed by atoms with Gasteiger partial charge in [-0.15, -0.1) is 0 Å². The van der Waals surface area contributed by atoms with E-state index < -0.39 is 54.6 Å². The molecule has 184 valence electrons. The summed E-state index contributed by atoms with van der Waals surface area (Å²) in [6, 6.07) is 0. The first kappa shape index (κ1) is 30.3. The zero-order valence-corrected chi connectivity index (χ0v) is 21.7. The molecule has 1 aliphatic heterocycles. The summed E-state index contributed by atoms with van der Waals surface area (Å²) in [4.78, 5) is 49.3. The van der Waals surface area contributed by atoms with Crippen LogP contribution >= 0.6 is 23.5 Å². The molecule has 23 heteroatoms. The van der Waals surface area contributed by atoms with Crippen molar-refractivity contribution in [2.24, 2.45) is 0 Å². The molecular formula is C10H17N5O14P3Zn-. The number of aliphatic hydroxyl groups excluding tert-OH is 2. The van der Waals surface area contributed by atoms with Crippen LogP contribution in [0.1, 0.15) is 6.23 Å². The number of anilines is 1. The quantitative estimate of drug-likeness (QED) is 0.131. The van der Waals surface area contributed by atoms with Crippen LogP contribution in [0.25, 0.3) is 11.2 Å². The molecule has 2 aromatic rings. The number of phosphoric acid groups is 3. The number of rotatable bonds is 8. The number of aliphatic hydroxyl groups is 2. The summed E-state index contributed by atoms with van der Waals surface area (Å²) in [6.07, 6.45) is -3.82. The Kier molecular flexibility index (Phi) is 9.97. The van der Waals surface area contributed by atoms with Crippen molar-refractivity contribution in [1.29, 1.82) is 0 Å². The van der Waals surface area contributed by atoms with Gasteiger partial charge in [-0.3, -0.25) is 9.13 Å². The summed E-state index contributed by atoms with van der Waals surface area (Å²) in [5.41, 5.74) is 5.97. The Bertz CT molecular complexity index is 1110. The molecule has 1 aliphatic rings. The van der Waals surface area contributed by atoms with Crippen LogP contribution in [0, 0.1) is 0 Å². The van der Waals surface area contributed by atoms with Gasteiger partial charge in [-0.05, 0) is 0 Å². The summed E-state index contributed by atoms with van der Waals surface area (Å²) in [5, 5.41) is 20.4. The second-order valence-electron chi connectivity index (χ2n) is 5.99. The van der Waals surface area contributed by atoms with Gasteiger partial charge in [0.2, 0.25) is 0 Å². The Balaban J connectivity index is 0.00000272. The van der Waals surface area contributed by atoms with Crippen molar-refractivity contribution in [2.45, 2.75) is 24.5 Å². The fraction of sp³-hybridized carbons (Fsp3) is 0.500. The number of phosphoric ester groups is 1. The van der Waals surface area contributed by atoms with Gasteiger partial charge in [0.1, 0.15) is 30.2 Å². The molecular weight excluding hydrogens is 572 g/mol. The van der Waals surface area contributed by atoms with E-state index in [1.165, 1.54) is 10.9 Å². The predicted molar refractivity (Wildman–Crippen MR) is 96.9 cm³/mol. The summed E-state index contributed by atoms with van der Waals surface area (Å²) in [6.45, 7) is -1.02. The van der Waals surface area contributed by atoms with Crippen molar-refractivity contribution in [3.05, 3.63) is 12.7 Å². The third kappa shape index (κ3) is 7.35. The second-order valence-corrected chi connectivity index (χ2v) is 10.4. The predicted octanol–water partition coefficient (Wildman–Crippen LogP) is -3.09. The van der Waals surface area contributed by atoms with Gasteiger partial charge in [0.15, 0.2) is 17.7 Å². The van der Waals surface area contributed by atoms with Crippen LogP contribution in [0.4, 0.5) is 5.82 Å². The summed E-state index contributed by atoms with van der Waals surface area (Å²) >= 11 is 0. The molecule has 0 aromatic carbocycles. The van der Waals surface area contributed by atoms with Crippen molar-refractivity contribution in [2.75, 3.05) is 12.3 Å². The fourth-order valence-corrected chi connectivity index (χ4v) is 5.61. The molecule has 6 atom stereocenters. The SMILES string of the molecule is Nc1ncnc2c1ncn2[C@@H]1O[C@H](COP(=O)([O-])OP(=O)(O)OP(=O)(O)O)[C@@H](O)[C@H]1O.O.[Zn]. The van der Waals surface area contributed by atoms with Crippen LogP contribution in [0.2, 0.25) is 0 Å². The molecule has 33 heavy (non-hydrogen) atoms. The van der Waals surface area contributed by atoms with Crippen LogP contribution in [0.5, 0.6) is 0 Å². The number of nitrogens with zero attached hydrogens (tertiary/aromatic N) is 4. The number of imidazole rings is 1. The Labute approximate surface area is 196 Å². The standard InChI is InChI=1S/C10H16N5O13P3.H2O.Zn/c11-8-5-9(13-2-12-8)15(3-14-5)10-7(17)6(16)4(26-10)1-25-30(21,22)28-31(23,24)27-29(18,19)20;;/h2-4,6-7,10,16-17H,1H2,(H,21,22)(H,23,24)(H2,11,12,13)(H2,18,19,20);1H2;/p-1/t4-,6-,7-,10-;;/m1../s1. The van der Waals surface area contributed by atoms with Crippen molar-refractivity contribution in [1.82, 2.24) is 19.5 Å². The maximum Gasteiger partial charge on any atom is 0.487 e. The largest absolute Gasteiger partial charge is 0.756 e. The number of ether oxygens (including phenoxy) is 1. The number of hydrogen-bond acceptors (Lipinski definition) is 14. The Morgan fingerprint density at radius 1 is 1.12 bits per heavy atom. The first-order valence-corrected chi connectivity index (χ1v) is 12.4. The van der Waals surface area contributed by atoms with Crippen LogP contribution in [-0.2, 0) is 51.1 Å². The third-order valence-corrected chi connectivity index (χ3v) is 7.58. The van der Waals surface area contributed by atoms with Gasteiger partial charge >= 0.3 is 15.6 Å². The second kappa shape index (κ2) is 10.9. The molecule has 0 spiro atoms.